The summed E-state index contributed by atoms with van der Waals surface area (Å²) in [6, 6.07) is 0. The van der Waals surface area contributed by atoms with Crippen molar-refractivity contribution in [1.29, 1.82) is 0 Å². The Balaban J connectivity index is 2.31. The SMILES string of the molecule is CSCC(=O)NNc1cnccn1. The van der Waals surface area contributed by atoms with Gasteiger partial charge in [0.25, 0.3) is 0 Å². The van der Waals surface area contributed by atoms with Crippen LogP contribution in [0.2, 0.25) is 0 Å². The van der Waals surface area contributed by atoms with E-state index in [0.29, 0.717) is 11.6 Å². The molecule has 0 bridgehead atoms. The smallest absolute Gasteiger partial charge is 0.248 e. The first kappa shape index (κ1) is 9.79. The molecule has 0 saturated carbocycles. The average Bonchev–Trinajstić information content (AvgIpc) is 2.17. The van der Waals surface area contributed by atoms with Crippen LogP contribution in [0.3, 0.4) is 0 Å². The summed E-state index contributed by atoms with van der Waals surface area (Å²) in [6.45, 7) is 0. The number of carbonyl (C=O) groups excluding carboxylic acids is 1. The molecular formula is C7H10N4OS. The van der Waals surface area contributed by atoms with Gasteiger partial charge in [0.2, 0.25) is 5.91 Å². The molecule has 0 spiro atoms. The van der Waals surface area contributed by atoms with Crippen LogP contribution in [0.1, 0.15) is 0 Å². The Bertz CT molecular complexity index is 266. The molecule has 0 atom stereocenters. The molecule has 70 valence electrons. The lowest BCUT2D eigenvalue weighted by atomic mass is 10.7. The second-order valence-electron chi connectivity index (χ2n) is 2.20. The molecule has 2 N–H and O–H groups in total. The highest BCUT2D eigenvalue weighted by molar-refractivity contribution is 7.99. The molecule has 0 saturated heterocycles. The maximum absolute atomic E-state index is 11.0. The van der Waals surface area contributed by atoms with Gasteiger partial charge in [0.15, 0.2) is 5.82 Å². The largest absolute Gasteiger partial charge is 0.281 e. The molecule has 1 aromatic heterocycles. The maximum Gasteiger partial charge on any atom is 0.248 e. The number of aromatic nitrogens is 2. The first-order valence-corrected chi connectivity index (χ1v) is 5.02. The highest BCUT2D eigenvalue weighted by atomic mass is 32.2. The van der Waals surface area contributed by atoms with Crippen molar-refractivity contribution in [3.63, 3.8) is 0 Å². The molecule has 1 rings (SSSR count). The van der Waals surface area contributed by atoms with E-state index in [9.17, 15) is 4.79 Å². The summed E-state index contributed by atoms with van der Waals surface area (Å²) in [5, 5.41) is 0. The van der Waals surface area contributed by atoms with E-state index in [-0.39, 0.29) is 5.91 Å². The van der Waals surface area contributed by atoms with Crippen LogP contribution < -0.4 is 10.9 Å². The minimum absolute atomic E-state index is 0.0850. The number of nitrogens with zero attached hydrogens (tertiary/aromatic N) is 2. The summed E-state index contributed by atoms with van der Waals surface area (Å²) in [4.78, 5) is 18.7. The van der Waals surface area contributed by atoms with Crippen LogP contribution in [0.4, 0.5) is 5.82 Å². The first-order chi connectivity index (χ1) is 6.33. The third kappa shape index (κ3) is 3.75. The van der Waals surface area contributed by atoms with E-state index < -0.39 is 0 Å². The molecule has 0 fully saturated rings. The second-order valence-corrected chi connectivity index (χ2v) is 3.06. The molecule has 0 aliphatic heterocycles. The minimum atomic E-state index is -0.0850. The van der Waals surface area contributed by atoms with Crippen molar-refractivity contribution in [2.45, 2.75) is 0 Å². The molecule has 13 heavy (non-hydrogen) atoms. The van der Waals surface area contributed by atoms with Crippen molar-refractivity contribution < 1.29 is 4.79 Å². The van der Waals surface area contributed by atoms with E-state index in [1.54, 1.807) is 12.4 Å². The molecule has 0 aliphatic carbocycles. The number of hydrazine groups is 1. The molecule has 1 aromatic rings. The normalized spacial score (nSPS) is 9.31. The van der Waals surface area contributed by atoms with Gasteiger partial charge in [0.1, 0.15) is 0 Å². The van der Waals surface area contributed by atoms with Crippen LogP contribution in [0, 0.1) is 0 Å². The fourth-order valence-corrected chi connectivity index (χ4v) is 0.999. The fraction of sp³-hybridized carbons (Fsp3) is 0.286. The van der Waals surface area contributed by atoms with Crippen LogP contribution in [0.5, 0.6) is 0 Å². The van der Waals surface area contributed by atoms with Gasteiger partial charge in [-0.2, -0.15) is 11.8 Å². The first-order valence-electron chi connectivity index (χ1n) is 3.62. The number of rotatable bonds is 4. The lowest BCUT2D eigenvalue weighted by Crippen LogP contribution is -2.31. The summed E-state index contributed by atoms with van der Waals surface area (Å²) in [5.74, 6) is 0.864. The van der Waals surface area contributed by atoms with E-state index in [1.165, 1.54) is 18.0 Å². The van der Waals surface area contributed by atoms with Gasteiger partial charge in [0.05, 0.1) is 11.9 Å². The summed E-state index contributed by atoms with van der Waals surface area (Å²) in [6.07, 6.45) is 6.50. The summed E-state index contributed by atoms with van der Waals surface area (Å²) >= 11 is 1.46. The summed E-state index contributed by atoms with van der Waals surface area (Å²) in [7, 11) is 0. The topological polar surface area (TPSA) is 66.9 Å². The Morgan fingerprint density at radius 3 is 3.08 bits per heavy atom. The zero-order valence-electron chi connectivity index (χ0n) is 7.15. The molecule has 1 heterocycles. The standard InChI is InChI=1S/C7H10N4OS/c1-13-5-7(12)11-10-6-4-8-2-3-9-6/h2-4H,5H2,1H3,(H,9,10)(H,11,12). The molecule has 1 amide bonds. The zero-order valence-corrected chi connectivity index (χ0v) is 7.97. The quantitative estimate of drug-likeness (QED) is 0.680. The van der Waals surface area contributed by atoms with Gasteiger partial charge < -0.3 is 0 Å². The minimum Gasteiger partial charge on any atom is -0.281 e. The zero-order chi connectivity index (χ0) is 9.52. The number of hydrogen-bond acceptors (Lipinski definition) is 5. The van der Waals surface area contributed by atoms with Crippen molar-refractivity contribution in [2.24, 2.45) is 0 Å². The number of amides is 1. The van der Waals surface area contributed by atoms with Gasteiger partial charge in [-0.1, -0.05) is 0 Å². The van der Waals surface area contributed by atoms with Crippen LogP contribution in [0.15, 0.2) is 18.6 Å². The van der Waals surface area contributed by atoms with Gasteiger partial charge in [-0.05, 0) is 6.26 Å². The van der Waals surface area contributed by atoms with E-state index in [0.717, 1.165) is 0 Å². The molecule has 0 radical (unpaired) electrons. The molecule has 5 nitrogen and oxygen atoms in total. The Morgan fingerprint density at radius 1 is 1.62 bits per heavy atom. The van der Waals surface area contributed by atoms with Crippen molar-refractivity contribution >= 4 is 23.5 Å². The van der Waals surface area contributed by atoms with E-state index in [1.807, 2.05) is 6.26 Å². The van der Waals surface area contributed by atoms with Crippen LogP contribution in [-0.2, 0) is 4.79 Å². The van der Waals surface area contributed by atoms with Crippen molar-refractivity contribution in [3.05, 3.63) is 18.6 Å². The lowest BCUT2D eigenvalue weighted by Gasteiger charge is -2.05. The highest BCUT2D eigenvalue weighted by Crippen LogP contribution is 1.94. The monoisotopic (exact) mass is 198 g/mol. The maximum atomic E-state index is 11.0. The van der Waals surface area contributed by atoms with Gasteiger partial charge in [0, 0.05) is 12.4 Å². The van der Waals surface area contributed by atoms with Gasteiger partial charge in [-0.15, -0.1) is 0 Å². The number of anilines is 1. The third-order valence-corrected chi connectivity index (χ3v) is 1.72. The number of thioether (sulfide) groups is 1. The van der Waals surface area contributed by atoms with E-state index in [2.05, 4.69) is 20.8 Å². The number of nitrogens with one attached hydrogen (secondary N) is 2. The fourth-order valence-electron chi connectivity index (χ4n) is 0.665. The third-order valence-electron chi connectivity index (χ3n) is 1.17. The highest BCUT2D eigenvalue weighted by Gasteiger charge is 1.98. The summed E-state index contributed by atoms with van der Waals surface area (Å²) in [5.41, 5.74) is 5.13. The molecule has 0 unspecified atom stereocenters. The van der Waals surface area contributed by atoms with Crippen LogP contribution >= 0.6 is 11.8 Å². The van der Waals surface area contributed by atoms with Crippen LogP contribution in [-0.4, -0.2) is 27.9 Å². The Morgan fingerprint density at radius 2 is 2.46 bits per heavy atom. The van der Waals surface area contributed by atoms with Gasteiger partial charge in [-0.3, -0.25) is 20.6 Å². The Hall–Kier alpha value is -1.30. The Labute approximate surface area is 80.3 Å². The van der Waals surface area contributed by atoms with Crippen LogP contribution in [0.25, 0.3) is 0 Å². The van der Waals surface area contributed by atoms with Crippen molar-refractivity contribution in [1.82, 2.24) is 15.4 Å². The molecule has 0 aliphatic rings. The lowest BCUT2D eigenvalue weighted by molar-refractivity contribution is -0.118. The molecule has 6 heteroatoms. The second kappa shape index (κ2) is 5.36. The molecule has 0 aromatic carbocycles. The molecular weight excluding hydrogens is 188 g/mol. The number of carbonyl (C=O) groups is 1. The average molecular weight is 198 g/mol. The van der Waals surface area contributed by atoms with Gasteiger partial charge >= 0.3 is 0 Å². The van der Waals surface area contributed by atoms with E-state index >= 15 is 0 Å². The summed E-state index contributed by atoms with van der Waals surface area (Å²) < 4.78 is 0. The Kier molecular flexibility index (Phi) is 4.04. The predicted octanol–water partition coefficient (Wildman–Crippen LogP) is 0.283. The van der Waals surface area contributed by atoms with Crippen molar-refractivity contribution in [2.75, 3.05) is 17.4 Å². The van der Waals surface area contributed by atoms with Gasteiger partial charge in [-0.25, -0.2) is 4.98 Å². The number of hydrogen-bond donors (Lipinski definition) is 2. The predicted molar refractivity (Wildman–Crippen MR) is 52.2 cm³/mol. The van der Waals surface area contributed by atoms with E-state index in [4.69, 9.17) is 0 Å². The van der Waals surface area contributed by atoms with Crippen molar-refractivity contribution in [3.8, 4) is 0 Å².